The van der Waals surface area contributed by atoms with Gasteiger partial charge in [0.2, 0.25) is 0 Å². The van der Waals surface area contributed by atoms with E-state index in [-0.39, 0.29) is 11.3 Å². The fraction of sp³-hybridized carbons (Fsp3) is 0.667. The van der Waals surface area contributed by atoms with Crippen molar-refractivity contribution in [1.82, 2.24) is 0 Å². The molecule has 3 heteroatoms. The Morgan fingerprint density at radius 2 is 2.33 bits per heavy atom. The minimum atomic E-state index is -0.299. The second kappa shape index (κ2) is 2.03. The minimum absolute atomic E-state index is 0.277. The maximum atomic E-state index is 10.7. The number of thioether (sulfide) groups is 1. The molecule has 1 rings (SSSR count). The molecule has 0 radical (unpaired) electrons. The van der Waals surface area contributed by atoms with E-state index in [1.807, 2.05) is 6.92 Å². The summed E-state index contributed by atoms with van der Waals surface area (Å²) < 4.78 is 0. The Morgan fingerprint density at radius 3 is 2.44 bits per heavy atom. The highest BCUT2D eigenvalue weighted by molar-refractivity contribution is 8.00. The largest absolute Gasteiger partial charge is 0.362 e. The Balaban J connectivity index is 2.62. The van der Waals surface area contributed by atoms with Crippen LogP contribution in [0.4, 0.5) is 0 Å². The topological polar surface area (TPSA) is 21.4 Å². The van der Waals surface area contributed by atoms with Crippen LogP contribution >= 0.6 is 11.8 Å². The highest BCUT2D eigenvalue weighted by Crippen LogP contribution is 2.38. The predicted octanol–water partition coefficient (Wildman–Crippen LogP) is 1.19. The number of rotatable bonds is 1. The van der Waals surface area contributed by atoms with Crippen molar-refractivity contribution in [3.63, 3.8) is 0 Å². The van der Waals surface area contributed by atoms with E-state index >= 15 is 0 Å². The van der Waals surface area contributed by atoms with Gasteiger partial charge in [0, 0.05) is 0 Å². The molecule has 1 fully saturated rings. The van der Waals surface area contributed by atoms with Crippen molar-refractivity contribution in [3.8, 4) is 0 Å². The summed E-state index contributed by atoms with van der Waals surface area (Å²) in [6.07, 6.45) is 0. The summed E-state index contributed by atoms with van der Waals surface area (Å²) in [5.41, 5.74) is -0.299. The van der Waals surface area contributed by atoms with Crippen LogP contribution in [0.25, 0.3) is 4.85 Å². The molecule has 1 aliphatic heterocycles. The summed E-state index contributed by atoms with van der Waals surface area (Å²) in [6.45, 7) is 8.32. The molecule has 1 saturated heterocycles. The van der Waals surface area contributed by atoms with E-state index in [4.69, 9.17) is 6.57 Å². The summed E-state index contributed by atoms with van der Waals surface area (Å²) in [6, 6.07) is 0. The molecular formula is C6H7NOS. The maximum Gasteiger partial charge on any atom is 0.362 e. The quantitative estimate of drug-likeness (QED) is 0.511. The molecule has 1 aliphatic rings. The zero-order valence-electron chi connectivity index (χ0n) is 5.18. The molecular weight excluding hydrogens is 134 g/mol. The Morgan fingerprint density at radius 1 is 1.78 bits per heavy atom. The van der Waals surface area contributed by atoms with Gasteiger partial charge in [-0.15, -0.1) is 0 Å². The number of carbonyl (C=O) groups is 1. The summed E-state index contributed by atoms with van der Waals surface area (Å²) >= 11 is 1.72. The Bertz CT molecular complexity index is 178. The lowest BCUT2D eigenvalue weighted by molar-refractivity contribution is -0.121. The molecule has 0 spiro atoms. The third-order valence-corrected chi connectivity index (χ3v) is 3.14. The molecule has 0 aliphatic carbocycles. The van der Waals surface area contributed by atoms with Crippen LogP contribution in [0.3, 0.4) is 0 Å². The second-order valence-electron chi connectivity index (χ2n) is 2.47. The minimum Gasteiger partial charge on any atom is -0.315 e. The lowest BCUT2D eigenvalue weighted by Gasteiger charge is -2.32. The van der Waals surface area contributed by atoms with Crippen LogP contribution < -0.4 is 0 Å². The highest BCUT2D eigenvalue weighted by Gasteiger charge is 2.40. The normalized spacial score (nSPS) is 21.8. The number of hydrogen-bond donors (Lipinski definition) is 0. The van der Waals surface area contributed by atoms with Crippen LogP contribution in [0.2, 0.25) is 0 Å². The van der Waals surface area contributed by atoms with E-state index in [1.54, 1.807) is 11.8 Å². The average molecular weight is 141 g/mol. The first-order valence-corrected chi connectivity index (χ1v) is 3.84. The van der Waals surface area contributed by atoms with Gasteiger partial charge in [-0.1, -0.05) is 6.92 Å². The molecule has 0 unspecified atom stereocenters. The lowest BCUT2D eigenvalue weighted by atomic mass is 9.94. The molecule has 0 saturated carbocycles. The lowest BCUT2D eigenvalue weighted by Crippen LogP contribution is -2.38. The van der Waals surface area contributed by atoms with Gasteiger partial charge in [-0.2, -0.15) is 16.6 Å². The van der Waals surface area contributed by atoms with Crippen LogP contribution in [-0.4, -0.2) is 17.4 Å². The van der Waals surface area contributed by atoms with Crippen LogP contribution in [0, 0.1) is 12.0 Å². The Labute approximate surface area is 58.4 Å². The smallest absolute Gasteiger partial charge is 0.315 e. The molecule has 0 bridgehead atoms. The summed E-state index contributed by atoms with van der Waals surface area (Å²) in [5.74, 6) is 1.38. The molecule has 1 amide bonds. The van der Waals surface area contributed by atoms with Crippen molar-refractivity contribution in [2.24, 2.45) is 5.41 Å². The van der Waals surface area contributed by atoms with Crippen LogP contribution in [0.15, 0.2) is 0 Å². The number of amides is 1. The van der Waals surface area contributed by atoms with Crippen molar-refractivity contribution < 1.29 is 4.79 Å². The van der Waals surface area contributed by atoms with Gasteiger partial charge in [-0.05, 0) is 11.5 Å². The molecule has 0 aromatic rings. The molecule has 48 valence electrons. The molecule has 0 N–H and O–H groups in total. The van der Waals surface area contributed by atoms with Gasteiger partial charge in [-0.3, -0.25) is 0 Å². The summed E-state index contributed by atoms with van der Waals surface area (Å²) in [4.78, 5) is 13.6. The first kappa shape index (κ1) is 6.63. The van der Waals surface area contributed by atoms with Crippen LogP contribution in [-0.2, 0) is 4.79 Å². The predicted molar refractivity (Wildman–Crippen MR) is 37.0 cm³/mol. The van der Waals surface area contributed by atoms with Gasteiger partial charge in [0.25, 0.3) is 0 Å². The fourth-order valence-electron chi connectivity index (χ4n) is 0.667. The maximum absolute atomic E-state index is 10.7. The zero-order chi connectivity index (χ0) is 6.91. The van der Waals surface area contributed by atoms with E-state index in [0.29, 0.717) is 0 Å². The van der Waals surface area contributed by atoms with E-state index in [9.17, 15) is 4.79 Å². The number of carbonyl (C=O) groups excluding carboxylic acids is 1. The summed E-state index contributed by atoms with van der Waals surface area (Å²) in [5, 5.41) is 0. The Hall–Kier alpha value is -0.490. The van der Waals surface area contributed by atoms with Crippen LogP contribution in [0.5, 0.6) is 0 Å². The molecule has 9 heavy (non-hydrogen) atoms. The van der Waals surface area contributed by atoms with Crippen molar-refractivity contribution in [1.29, 1.82) is 0 Å². The first-order valence-electron chi connectivity index (χ1n) is 2.69. The van der Waals surface area contributed by atoms with Gasteiger partial charge in [-0.25, -0.2) is 0 Å². The molecule has 1 heterocycles. The van der Waals surface area contributed by atoms with Crippen molar-refractivity contribution >= 4 is 17.7 Å². The number of hydrogen-bond acceptors (Lipinski definition) is 2. The van der Waals surface area contributed by atoms with E-state index in [0.717, 1.165) is 11.5 Å². The monoisotopic (exact) mass is 141 g/mol. The fourth-order valence-corrected chi connectivity index (χ4v) is 1.73. The van der Waals surface area contributed by atoms with Gasteiger partial charge in [0.05, 0.1) is 12.0 Å². The van der Waals surface area contributed by atoms with Gasteiger partial charge >= 0.3 is 5.91 Å². The van der Waals surface area contributed by atoms with E-state index in [1.165, 1.54) is 0 Å². The van der Waals surface area contributed by atoms with Crippen molar-refractivity contribution in [2.45, 2.75) is 6.92 Å². The summed E-state index contributed by atoms with van der Waals surface area (Å²) in [7, 11) is 0. The van der Waals surface area contributed by atoms with Gasteiger partial charge in [0.1, 0.15) is 0 Å². The van der Waals surface area contributed by atoms with Crippen molar-refractivity contribution in [3.05, 3.63) is 11.4 Å². The van der Waals surface area contributed by atoms with E-state index < -0.39 is 0 Å². The molecule has 0 aromatic carbocycles. The third-order valence-electron chi connectivity index (χ3n) is 1.46. The first-order chi connectivity index (χ1) is 4.19. The molecule has 0 atom stereocenters. The average Bonchev–Trinajstić information content (AvgIpc) is 1.81. The van der Waals surface area contributed by atoms with Gasteiger partial charge < -0.3 is 4.79 Å². The SMILES string of the molecule is [C-]#[N+]C(=O)C1(C)CSC1. The molecule has 0 aromatic heterocycles. The number of nitrogens with zero attached hydrogens (tertiary/aromatic N) is 1. The van der Waals surface area contributed by atoms with E-state index in [2.05, 4.69) is 4.85 Å². The molecule has 2 nitrogen and oxygen atoms in total. The van der Waals surface area contributed by atoms with Gasteiger partial charge in [0.15, 0.2) is 0 Å². The van der Waals surface area contributed by atoms with Crippen molar-refractivity contribution in [2.75, 3.05) is 11.5 Å². The third kappa shape index (κ3) is 0.948. The highest BCUT2D eigenvalue weighted by atomic mass is 32.2. The van der Waals surface area contributed by atoms with Crippen LogP contribution in [0.1, 0.15) is 6.92 Å². The standard InChI is InChI=1S/C6H7NOS/c1-6(3-9-4-6)5(8)7-2/h3-4H2,1H3. The second-order valence-corrected chi connectivity index (χ2v) is 3.46. The Kier molecular flexibility index (Phi) is 1.50. The zero-order valence-corrected chi connectivity index (χ0v) is 5.99.